The van der Waals surface area contributed by atoms with Crippen molar-refractivity contribution in [3.05, 3.63) is 0 Å². The van der Waals surface area contributed by atoms with E-state index in [4.69, 9.17) is 9.47 Å². The molecule has 0 unspecified atom stereocenters. The van der Waals surface area contributed by atoms with Gasteiger partial charge >= 0.3 is 0 Å². The highest BCUT2D eigenvalue weighted by Crippen LogP contribution is 2.44. The van der Waals surface area contributed by atoms with Gasteiger partial charge in [-0.05, 0) is 50.9 Å². The van der Waals surface area contributed by atoms with Crippen molar-refractivity contribution in [1.29, 1.82) is 0 Å². The summed E-state index contributed by atoms with van der Waals surface area (Å²) in [6, 6.07) is 0. The normalized spacial score (nSPS) is 18.1. The van der Waals surface area contributed by atoms with E-state index in [2.05, 4.69) is 34.6 Å². The average molecular weight is 299 g/mol. The largest absolute Gasteiger partial charge is 0.381 e. The van der Waals surface area contributed by atoms with Gasteiger partial charge in [0.05, 0.1) is 13.2 Å². The van der Waals surface area contributed by atoms with Gasteiger partial charge in [0.25, 0.3) is 0 Å². The fourth-order valence-electron chi connectivity index (χ4n) is 3.58. The van der Waals surface area contributed by atoms with E-state index < -0.39 is 0 Å². The fourth-order valence-corrected chi connectivity index (χ4v) is 3.58. The van der Waals surface area contributed by atoms with Crippen LogP contribution in [0.2, 0.25) is 0 Å². The van der Waals surface area contributed by atoms with Crippen LogP contribution in [0.4, 0.5) is 0 Å². The molecule has 126 valence electrons. The first-order chi connectivity index (χ1) is 9.93. The van der Waals surface area contributed by atoms with Crippen molar-refractivity contribution in [3.63, 3.8) is 0 Å². The molecule has 1 rings (SSSR count). The van der Waals surface area contributed by atoms with E-state index in [9.17, 15) is 0 Å². The van der Waals surface area contributed by atoms with Gasteiger partial charge in [0.2, 0.25) is 0 Å². The third-order valence-corrected chi connectivity index (χ3v) is 5.03. The minimum atomic E-state index is 0.236. The van der Waals surface area contributed by atoms with Crippen molar-refractivity contribution < 1.29 is 9.47 Å². The molecule has 0 atom stereocenters. The lowest BCUT2D eigenvalue weighted by Crippen LogP contribution is -2.41. The van der Waals surface area contributed by atoms with Crippen LogP contribution < -0.4 is 0 Å². The average Bonchev–Trinajstić information content (AvgIpc) is 2.47. The Labute approximate surface area is 133 Å². The molecular weight excluding hydrogens is 260 g/mol. The van der Waals surface area contributed by atoms with Crippen LogP contribution in [0, 0.1) is 16.7 Å². The molecule has 0 radical (unpaired) electrons. The molecular formula is C19H38O2. The van der Waals surface area contributed by atoms with Crippen LogP contribution in [0.5, 0.6) is 0 Å². The number of hydrogen-bond acceptors (Lipinski definition) is 2. The Hall–Kier alpha value is -0.0800. The van der Waals surface area contributed by atoms with E-state index in [1.807, 2.05) is 0 Å². The summed E-state index contributed by atoms with van der Waals surface area (Å²) in [6.45, 7) is 14.6. The summed E-state index contributed by atoms with van der Waals surface area (Å²) in [5.74, 6) is 0.784. The van der Waals surface area contributed by atoms with Crippen LogP contribution in [0.15, 0.2) is 0 Å². The second-order valence-corrected chi connectivity index (χ2v) is 8.03. The molecule has 2 heteroatoms. The highest BCUT2D eigenvalue weighted by atomic mass is 16.5. The Morgan fingerprint density at radius 2 is 1.33 bits per heavy atom. The van der Waals surface area contributed by atoms with Crippen LogP contribution in [0.25, 0.3) is 0 Å². The van der Waals surface area contributed by atoms with Crippen molar-refractivity contribution in [2.75, 3.05) is 26.4 Å². The first-order valence-electron chi connectivity index (χ1n) is 9.09. The van der Waals surface area contributed by atoms with E-state index in [1.54, 1.807) is 0 Å². The minimum absolute atomic E-state index is 0.236. The SMILES string of the molecule is CCOCC(CCC(C)(C)C)(COCC)C1CCCCC1. The Balaban J connectivity index is 2.83. The lowest BCUT2D eigenvalue weighted by Gasteiger charge is -2.43. The molecule has 0 bridgehead atoms. The maximum absolute atomic E-state index is 5.93. The zero-order chi connectivity index (χ0) is 15.8. The molecule has 1 aliphatic carbocycles. The van der Waals surface area contributed by atoms with Crippen LogP contribution in [-0.2, 0) is 9.47 Å². The predicted octanol–water partition coefficient (Wildman–Crippen LogP) is 5.45. The van der Waals surface area contributed by atoms with E-state index in [0.29, 0.717) is 5.41 Å². The third-order valence-electron chi connectivity index (χ3n) is 5.03. The summed E-state index contributed by atoms with van der Waals surface area (Å²) >= 11 is 0. The molecule has 0 aromatic carbocycles. The molecule has 1 aliphatic rings. The van der Waals surface area contributed by atoms with E-state index >= 15 is 0 Å². The van der Waals surface area contributed by atoms with Crippen molar-refractivity contribution in [2.45, 2.75) is 79.6 Å². The molecule has 1 fully saturated rings. The molecule has 0 aromatic rings. The maximum atomic E-state index is 5.93. The zero-order valence-corrected chi connectivity index (χ0v) is 15.2. The highest BCUT2D eigenvalue weighted by molar-refractivity contribution is 4.89. The Bertz CT molecular complexity index is 253. The second kappa shape index (κ2) is 9.15. The molecule has 0 heterocycles. The molecule has 0 N–H and O–H groups in total. The molecule has 0 spiro atoms. The van der Waals surface area contributed by atoms with E-state index in [1.165, 1.54) is 44.9 Å². The fraction of sp³-hybridized carbons (Fsp3) is 1.00. The lowest BCUT2D eigenvalue weighted by atomic mass is 9.65. The Morgan fingerprint density at radius 3 is 1.76 bits per heavy atom. The van der Waals surface area contributed by atoms with Crippen molar-refractivity contribution in [1.82, 2.24) is 0 Å². The number of rotatable bonds is 9. The van der Waals surface area contributed by atoms with Gasteiger partial charge in [-0.15, -0.1) is 0 Å². The summed E-state index contributed by atoms with van der Waals surface area (Å²) < 4.78 is 11.9. The summed E-state index contributed by atoms with van der Waals surface area (Å²) in [6.07, 6.45) is 9.41. The second-order valence-electron chi connectivity index (χ2n) is 8.03. The monoisotopic (exact) mass is 298 g/mol. The number of ether oxygens (including phenoxy) is 2. The third kappa shape index (κ3) is 6.69. The van der Waals surface area contributed by atoms with Gasteiger partial charge in [-0.3, -0.25) is 0 Å². The Kier molecular flexibility index (Phi) is 8.26. The Morgan fingerprint density at radius 1 is 0.810 bits per heavy atom. The lowest BCUT2D eigenvalue weighted by molar-refractivity contribution is -0.0697. The highest BCUT2D eigenvalue weighted by Gasteiger charge is 2.40. The standard InChI is InChI=1S/C19H38O2/c1-6-20-15-19(16-21-7-2,14-13-18(3,4)5)17-11-9-8-10-12-17/h17H,6-16H2,1-5H3. The van der Waals surface area contributed by atoms with Gasteiger partial charge < -0.3 is 9.47 Å². The van der Waals surface area contributed by atoms with E-state index in [0.717, 1.165) is 32.3 Å². The molecule has 0 aliphatic heterocycles. The quantitative estimate of drug-likeness (QED) is 0.563. The summed E-state index contributed by atoms with van der Waals surface area (Å²) in [7, 11) is 0. The topological polar surface area (TPSA) is 18.5 Å². The van der Waals surface area contributed by atoms with Crippen LogP contribution in [-0.4, -0.2) is 26.4 Å². The number of hydrogen-bond donors (Lipinski definition) is 0. The summed E-state index contributed by atoms with van der Waals surface area (Å²) in [4.78, 5) is 0. The van der Waals surface area contributed by atoms with Gasteiger partial charge in [-0.2, -0.15) is 0 Å². The van der Waals surface area contributed by atoms with Crippen molar-refractivity contribution in [3.8, 4) is 0 Å². The maximum Gasteiger partial charge on any atom is 0.0547 e. The van der Waals surface area contributed by atoms with Crippen molar-refractivity contribution >= 4 is 0 Å². The molecule has 21 heavy (non-hydrogen) atoms. The van der Waals surface area contributed by atoms with Crippen LogP contribution in [0.3, 0.4) is 0 Å². The minimum Gasteiger partial charge on any atom is -0.381 e. The van der Waals surface area contributed by atoms with Crippen molar-refractivity contribution in [2.24, 2.45) is 16.7 Å². The molecule has 0 amide bonds. The van der Waals surface area contributed by atoms with Crippen LogP contribution in [0.1, 0.15) is 79.6 Å². The van der Waals surface area contributed by atoms with Crippen LogP contribution >= 0.6 is 0 Å². The smallest absolute Gasteiger partial charge is 0.0547 e. The molecule has 0 aromatic heterocycles. The van der Waals surface area contributed by atoms with Gasteiger partial charge in [0, 0.05) is 18.6 Å². The molecule has 0 saturated heterocycles. The predicted molar refractivity (Wildman–Crippen MR) is 90.7 cm³/mol. The molecule has 2 nitrogen and oxygen atoms in total. The first-order valence-corrected chi connectivity index (χ1v) is 9.09. The van der Waals surface area contributed by atoms with Gasteiger partial charge in [-0.25, -0.2) is 0 Å². The summed E-state index contributed by atoms with van der Waals surface area (Å²) in [5, 5.41) is 0. The van der Waals surface area contributed by atoms with Gasteiger partial charge in [0.15, 0.2) is 0 Å². The molecule has 1 saturated carbocycles. The van der Waals surface area contributed by atoms with Gasteiger partial charge in [-0.1, -0.05) is 40.0 Å². The zero-order valence-electron chi connectivity index (χ0n) is 15.2. The first kappa shape index (κ1) is 19.0. The van der Waals surface area contributed by atoms with E-state index in [-0.39, 0.29) is 5.41 Å². The van der Waals surface area contributed by atoms with Gasteiger partial charge in [0.1, 0.15) is 0 Å². The summed E-state index contributed by atoms with van der Waals surface area (Å²) in [5.41, 5.74) is 0.623.